The van der Waals surface area contributed by atoms with E-state index in [0.717, 1.165) is 31.9 Å². The van der Waals surface area contributed by atoms with E-state index in [1.807, 2.05) is 0 Å². The van der Waals surface area contributed by atoms with E-state index < -0.39 is 0 Å². The normalized spacial score (nSPS) is 11.3. The van der Waals surface area contributed by atoms with Gasteiger partial charge in [0.25, 0.3) is 0 Å². The monoisotopic (exact) mass is 263 g/mol. The molecule has 1 aromatic carbocycles. The zero-order chi connectivity index (χ0) is 14.3. The third-order valence-corrected chi connectivity index (χ3v) is 3.19. The van der Waals surface area contributed by atoms with Gasteiger partial charge in [0.15, 0.2) is 0 Å². The van der Waals surface area contributed by atoms with Crippen LogP contribution in [0.1, 0.15) is 51.2 Å². The Kier molecular flexibility index (Phi) is 6.93. The summed E-state index contributed by atoms with van der Waals surface area (Å²) in [6.07, 6.45) is 1.05. The van der Waals surface area contributed by atoms with Gasteiger partial charge in [0.05, 0.1) is 6.61 Å². The molecule has 1 N–H and O–H groups in total. The van der Waals surface area contributed by atoms with Crippen molar-refractivity contribution in [2.75, 3.05) is 19.7 Å². The van der Waals surface area contributed by atoms with Crippen LogP contribution < -0.4 is 10.1 Å². The van der Waals surface area contributed by atoms with Gasteiger partial charge in [-0.05, 0) is 55.5 Å². The molecule has 0 fully saturated rings. The van der Waals surface area contributed by atoms with Crippen LogP contribution in [0.25, 0.3) is 0 Å². The lowest BCUT2D eigenvalue weighted by molar-refractivity contribution is 0.304. The number of benzene rings is 1. The Morgan fingerprint density at radius 3 is 2.53 bits per heavy atom. The highest BCUT2D eigenvalue weighted by atomic mass is 16.5. The summed E-state index contributed by atoms with van der Waals surface area (Å²) in [6, 6.07) is 6.53. The van der Waals surface area contributed by atoms with Gasteiger partial charge in [-0.15, -0.1) is 0 Å². The third-order valence-electron chi connectivity index (χ3n) is 3.19. The molecule has 1 aromatic rings. The lowest BCUT2D eigenvalue weighted by Gasteiger charge is -2.13. The Morgan fingerprint density at radius 1 is 1.16 bits per heavy atom. The van der Waals surface area contributed by atoms with Crippen molar-refractivity contribution in [1.29, 1.82) is 0 Å². The van der Waals surface area contributed by atoms with Crippen LogP contribution in [0, 0.1) is 12.8 Å². The summed E-state index contributed by atoms with van der Waals surface area (Å²) in [4.78, 5) is 0. The van der Waals surface area contributed by atoms with E-state index >= 15 is 0 Å². The van der Waals surface area contributed by atoms with Crippen molar-refractivity contribution in [2.45, 2.75) is 47.0 Å². The Labute approximate surface area is 118 Å². The van der Waals surface area contributed by atoms with Crippen LogP contribution in [0.3, 0.4) is 0 Å². The average Bonchev–Trinajstić information content (AvgIpc) is 2.34. The van der Waals surface area contributed by atoms with E-state index in [0.29, 0.717) is 11.8 Å². The van der Waals surface area contributed by atoms with Crippen molar-refractivity contribution in [2.24, 2.45) is 5.92 Å². The first-order valence-electron chi connectivity index (χ1n) is 7.44. The van der Waals surface area contributed by atoms with Crippen LogP contribution in [-0.2, 0) is 0 Å². The summed E-state index contributed by atoms with van der Waals surface area (Å²) in [5.74, 6) is 2.30. The van der Waals surface area contributed by atoms with Crippen molar-refractivity contribution in [1.82, 2.24) is 5.32 Å². The van der Waals surface area contributed by atoms with Gasteiger partial charge in [-0.3, -0.25) is 0 Å². The van der Waals surface area contributed by atoms with E-state index in [9.17, 15) is 0 Å². The first-order chi connectivity index (χ1) is 9.00. The standard InChI is InChI=1S/C17H29NO/c1-13(2)12-18-9-6-10-19-17-11-16(14(3)4)8-7-15(17)5/h7-8,11,13-14,18H,6,9-10,12H2,1-5H3. The van der Waals surface area contributed by atoms with E-state index in [-0.39, 0.29) is 0 Å². The molecule has 0 saturated heterocycles. The number of ether oxygens (including phenoxy) is 1. The van der Waals surface area contributed by atoms with Crippen molar-refractivity contribution < 1.29 is 4.74 Å². The fourth-order valence-electron chi connectivity index (χ4n) is 1.90. The second-order valence-corrected chi connectivity index (χ2v) is 5.98. The van der Waals surface area contributed by atoms with Crippen LogP contribution in [0.5, 0.6) is 5.75 Å². The largest absolute Gasteiger partial charge is 0.493 e. The molecule has 0 unspecified atom stereocenters. The van der Waals surface area contributed by atoms with Crippen molar-refractivity contribution >= 4 is 0 Å². The fourth-order valence-corrected chi connectivity index (χ4v) is 1.90. The van der Waals surface area contributed by atoms with E-state index in [2.05, 4.69) is 58.1 Å². The van der Waals surface area contributed by atoms with Gasteiger partial charge in [0.2, 0.25) is 0 Å². The van der Waals surface area contributed by atoms with Gasteiger partial charge in [-0.1, -0.05) is 39.8 Å². The molecule has 2 heteroatoms. The molecule has 0 aliphatic carbocycles. The number of hydrogen-bond donors (Lipinski definition) is 1. The van der Waals surface area contributed by atoms with Crippen molar-refractivity contribution in [3.63, 3.8) is 0 Å². The number of hydrogen-bond acceptors (Lipinski definition) is 2. The molecule has 108 valence electrons. The predicted molar refractivity (Wildman–Crippen MR) is 83.1 cm³/mol. The molecular formula is C17H29NO. The summed E-state index contributed by atoms with van der Waals surface area (Å²) in [5, 5.41) is 3.44. The van der Waals surface area contributed by atoms with E-state index in [4.69, 9.17) is 4.74 Å². The van der Waals surface area contributed by atoms with Gasteiger partial charge in [-0.2, -0.15) is 0 Å². The summed E-state index contributed by atoms with van der Waals surface area (Å²) >= 11 is 0. The highest BCUT2D eigenvalue weighted by Crippen LogP contribution is 2.24. The van der Waals surface area contributed by atoms with E-state index in [1.54, 1.807) is 0 Å². The molecule has 0 heterocycles. The smallest absolute Gasteiger partial charge is 0.122 e. The Morgan fingerprint density at radius 2 is 1.89 bits per heavy atom. The highest BCUT2D eigenvalue weighted by molar-refractivity contribution is 5.37. The lowest BCUT2D eigenvalue weighted by atomic mass is 10.0. The van der Waals surface area contributed by atoms with E-state index in [1.165, 1.54) is 11.1 Å². The maximum Gasteiger partial charge on any atom is 0.122 e. The molecule has 0 radical (unpaired) electrons. The zero-order valence-electron chi connectivity index (χ0n) is 13.1. The first-order valence-corrected chi connectivity index (χ1v) is 7.44. The Hall–Kier alpha value is -1.02. The summed E-state index contributed by atoms with van der Waals surface area (Å²) < 4.78 is 5.89. The molecule has 0 amide bonds. The van der Waals surface area contributed by atoms with Gasteiger partial charge in [0.1, 0.15) is 5.75 Å². The SMILES string of the molecule is Cc1ccc(C(C)C)cc1OCCCNCC(C)C. The summed E-state index contributed by atoms with van der Waals surface area (Å²) in [6.45, 7) is 13.9. The molecule has 2 nitrogen and oxygen atoms in total. The Bertz CT molecular complexity index is 372. The zero-order valence-corrected chi connectivity index (χ0v) is 13.1. The average molecular weight is 263 g/mol. The molecule has 0 bridgehead atoms. The quantitative estimate of drug-likeness (QED) is 0.712. The maximum absolute atomic E-state index is 5.89. The fraction of sp³-hybridized carbons (Fsp3) is 0.647. The molecule has 0 spiro atoms. The molecule has 0 atom stereocenters. The number of aryl methyl sites for hydroxylation is 1. The maximum atomic E-state index is 5.89. The number of rotatable bonds is 8. The first kappa shape index (κ1) is 16.0. The Balaban J connectivity index is 2.34. The lowest BCUT2D eigenvalue weighted by Crippen LogP contribution is -2.22. The van der Waals surface area contributed by atoms with Crippen LogP contribution >= 0.6 is 0 Å². The van der Waals surface area contributed by atoms with Crippen LogP contribution in [-0.4, -0.2) is 19.7 Å². The third kappa shape index (κ3) is 6.11. The second-order valence-electron chi connectivity index (χ2n) is 5.98. The molecule has 1 rings (SSSR count). The summed E-state index contributed by atoms with van der Waals surface area (Å²) in [5.41, 5.74) is 2.57. The second kappa shape index (κ2) is 8.21. The minimum absolute atomic E-state index is 0.552. The van der Waals surface area contributed by atoms with Crippen LogP contribution in [0.4, 0.5) is 0 Å². The highest BCUT2D eigenvalue weighted by Gasteiger charge is 2.04. The summed E-state index contributed by atoms with van der Waals surface area (Å²) in [7, 11) is 0. The predicted octanol–water partition coefficient (Wildman–Crippen LogP) is 4.13. The topological polar surface area (TPSA) is 21.3 Å². The van der Waals surface area contributed by atoms with Gasteiger partial charge < -0.3 is 10.1 Å². The van der Waals surface area contributed by atoms with Crippen LogP contribution in [0.2, 0.25) is 0 Å². The molecular weight excluding hydrogens is 234 g/mol. The molecule has 0 saturated carbocycles. The van der Waals surface area contributed by atoms with Gasteiger partial charge >= 0.3 is 0 Å². The number of nitrogens with one attached hydrogen (secondary N) is 1. The van der Waals surface area contributed by atoms with Gasteiger partial charge in [0, 0.05) is 0 Å². The van der Waals surface area contributed by atoms with Crippen molar-refractivity contribution in [3.05, 3.63) is 29.3 Å². The molecule has 0 aliphatic rings. The molecule has 19 heavy (non-hydrogen) atoms. The van der Waals surface area contributed by atoms with Crippen LogP contribution in [0.15, 0.2) is 18.2 Å². The molecule has 0 aliphatic heterocycles. The minimum atomic E-state index is 0.552. The minimum Gasteiger partial charge on any atom is -0.493 e. The molecule has 0 aromatic heterocycles. The van der Waals surface area contributed by atoms with Crippen molar-refractivity contribution in [3.8, 4) is 5.75 Å². The van der Waals surface area contributed by atoms with Gasteiger partial charge in [-0.25, -0.2) is 0 Å².